The van der Waals surface area contributed by atoms with Gasteiger partial charge in [0, 0.05) is 35.7 Å². The highest BCUT2D eigenvalue weighted by Gasteiger charge is 2.35. The van der Waals surface area contributed by atoms with E-state index in [1.54, 1.807) is 36.4 Å². The Morgan fingerprint density at radius 3 is 2.35 bits per heavy atom. The van der Waals surface area contributed by atoms with Crippen LogP contribution in [0.2, 0.25) is 10.0 Å². The molecule has 0 aromatic heterocycles. The highest BCUT2D eigenvalue weighted by atomic mass is 35.5. The number of rotatable bonds is 12. The first-order valence-corrected chi connectivity index (χ1v) is 11.6. The number of hydrogen-bond acceptors (Lipinski definition) is 4. The van der Waals surface area contributed by atoms with Gasteiger partial charge in [0.05, 0.1) is 10.8 Å². The predicted molar refractivity (Wildman–Crippen MR) is 124 cm³/mol. The van der Waals surface area contributed by atoms with Crippen LogP contribution in [0.4, 0.5) is 0 Å². The zero-order valence-electron chi connectivity index (χ0n) is 16.7. The molecule has 0 aliphatic carbocycles. The number of carbonyl (C=O) groups is 1. The zero-order chi connectivity index (χ0) is 23.0. The number of carboxylic acid groups (broad SMARTS) is 1. The molecule has 0 spiro atoms. The normalized spacial score (nSPS) is 13.5. The fraction of sp³-hybridized carbons (Fsp3) is 0.227. The van der Waals surface area contributed by atoms with Crippen LogP contribution in [0.25, 0.3) is 0 Å². The molecule has 2 N–H and O–H groups in total. The summed E-state index contributed by atoms with van der Waals surface area (Å²) >= 11 is 12.3. The molecule has 0 heterocycles. The summed E-state index contributed by atoms with van der Waals surface area (Å²) in [4.78, 5) is 12.3. The van der Waals surface area contributed by atoms with Crippen LogP contribution in [0.3, 0.4) is 0 Å². The average molecular weight is 483 g/mol. The minimum absolute atomic E-state index is 0.0520. The van der Waals surface area contributed by atoms with Gasteiger partial charge in [0.1, 0.15) is 0 Å². The molecule has 0 fully saturated rings. The van der Waals surface area contributed by atoms with Crippen molar-refractivity contribution in [3.63, 3.8) is 0 Å². The van der Waals surface area contributed by atoms with Crippen molar-refractivity contribution in [1.82, 2.24) is 9.62 Å². The number of hydrogen-bond donors (Lipinski definition) is 2. The minimum Gasteiger partial charge on any atom is -0.481 e. The van der Waals surface area contributed by atoms with E-state index in [4.69, 9.17) is 23.2 Å². The molecule has 2 rings (SSSR count). The van der Waals surface area contributed by atoms with Crippen molar-refractivity contribution in [3.8, 4) is 0 Å². The maximum absolute atomic E-state index is 13.2. The highest BCUT2D eigenvalue weighted by Crippen LogP contribution is 2.32. The van der Waals surface area contributed by atoms with Gasteiger partial charge in [-0.2, -0.15) is 4.31 Å². The molecule has 2 aromatic carbocycles. The summed E-state index contributed by atoms with van der Waals surface area (Å²) in [5.74, 6) is -2.33. The van der Waals surface area contributed by atoms with Crippen LogP contribution in [-0.4, -0.2) is 43.4 Å². The summed E-state index contributed by atoms with van der Waals surface area (Å²) < 4.78 is 27.4. The van der Waals surface area contributed by atoms with E-state index in [0.717, 1.165) is 4.31 Å². The van der Waals surface area contributed by atoms with Gasteiger partial charge in [-0.1, -0.05) is 59.6 Å². The molecule has 0 saturated carbocycles. The summed E-state index contributed by atoms with van der Waals surface area (Å²) in [6, 6.07) is 11.8. The van der Waals surface area contributed by atoms with Gasteiger partial charge in [-0.25, -0.2) is 8.42 Å². The molecule has 9 heteroatoms. The fourth-order valence-electron chi connectivity index (χ4n) is 3.13. The second-order valence-corrected chi connectivity index (χ2v) is 9.49. The van der Waals surface area contributed by atoms with Gasteiger partial charge in [-0.3, -0.25) is 4.79 Å². The van der Waals surface area contributed by atoms with E-state index in [1.807, 2.05) is 0 Å². The van der Waals surface area contributed by atoms with Crippen molar-refractivity contribution in [1.29, 1.82) is 0 Å². The first-order valence-electron chi connectivity index (χ1n) is 9.40. The van der Waals surface area contributed by atoms with Crippen molar-refractivity contribution < 1.29 is 18.3 Å². The molecule has 2 atom stereocenters. The van der Waals surface area contributed by atoms with E-state index in [-0.39, 0.29) is 23.0 Å². The first-order chi connectivity index (χ1) is 14.7. The number of aliphatic carboxylic acids is 1. The molecule has 6 nitrogen and oxygen atoms in total. The van der Waals surface area contributed by atoms with Crippen molar-refractivity contribution in [2.45, 2.75) is 10.9 Å². The van der Waals surface area contributed by atoms with Gasteiger partial charge in [0.15, 0.2) is 0 Å². The highest BCUT2D eigenvalue weighted by molar-refractivity contribution is 7.89. The SMILES string of the molecule is C=CCNC(c1ccc(Cl)cc1Cl)C(CN(CC=C)S(=O)(=O)c1ccccc1)C(=O)O. The quantitative estimate of drug-likeness (QED) is 0.438. The van der Waals surface area contributed by atoms with Crippen LogP contribution in [0.5, 0.6) is 0 Å². The van der Waals surface area contributed by atoms with E-state index in [9.17, 15) is 18.3 Å². The molecule has 0 radical (unpaired) electrons. The average Bonchev–Trinajstić information content (AvgIpc) is 2.73. The van der Waals surface area contributed by atoms with Gasteiger partial charge in [0.2, 0.25) is 10.0 Å². The van der Waals surface area contributed by atoms with Crippen LogP contribution in [0.1, 0.15) is 11.6 Å². The number of benzene rings is 2. The topological polar surface area (TPSA) is 86.7 Å². The van der Waals surface area contributed by atoms with Gasteiger partial charge >= 0.3 is 5.97 Å². The van der Waals surface area contributed by atoms with Gasteiger partial charge in [-0.15, -0.1) is 13.2 Å². The number of carboxylic acids is 1. The Kier molecular flexibility index (Phi) is 9.28. The Morgan fingerprint density at radius 1 is 1.13 bits per heavy atom. The molecule has 0 bridgehead atoms. The molecule has 0 aliphatic rings. The summed E-state index contributed by atoms with van der Waals surface area (Å²) in [6.07, 6.45) is 3.00. The predicted octanol–water partition coefficient (Wildman–Crippen LogP) is 4.39. The Labute approximate surface area is 192 Å². The lowest BCUT2D eigenvalue weighted by molar-refractivity contribution is -0.143. The number of halogens is 2. The Bertz CT molecular complexity index is 1030. The van der Waals surface area contributed by atoms with E-state index in [2.05, 4.69) is 18.5 Å². The number of nitrogens with one attached hydrogen (secondary N) is 1. The largest absolute Gasteiger partial charge is 0.481 e. The van der Waals surface area contributed by atoms with E-state index in [0.29, 0.717) is 17.1 Å². The van der Waals surface area contributed by atoms with Crippen LogP contribution >= 0.6 is 23.2 Å². The summed E-state index contributed by atoms with van der Waals surface area (Å²) in [7, 11) is -3.95. The van der Waals surface area contributed by atoms with Crippen molar-refractivity contribution in [3.05, 3.63) is 89.4 Å². The van der Waals surface area contributed by atoms with E-state index in [1.165, 1.54) is 24.3 Å². The Balaban J connectivity index is 2.49. The first kappa shape index (κ1) is 25.1. The second kappa shape index (κ2) is 11.5. The third kappa shape index (κ3) is 6.41. The molecule has 0 aliphatic heterocycles. The number of sulfonamides is 1. The molecule has 166 valence electrons. The van der Waals surface area contributed by atoms with Crippen LogP contribution in [0, 0.1) is 5.92 Å². The Morgan fingerprint density at radius 2 is 1.81 bits per heavy atom. The third-order valence-electron chi connectivity index (χ3n) is 4.61. The van der Waals surface area contributed by atoms with Crippen LogP contribution in [-0.2, 0) is 14.8 Å². The zero-order valence-corrected chi connectivity index (χ0v) is 19.1. The molecule has 2 aromatic rings. The van der Waals surface area contributed by atoms with Crippen molar-refractivity contribution in [2.24, 2.45) is 5.92 Å². The molecule has 2 unspecified atom stereocenters. The summed E-state index contributed by atoms with van der Waals surface area (Å²) in [5.41, 5.74) is 0.496. The van der Waals surface area contributed by atoms with Crippen LogP contribution in [0.15, 0.2) is 78.7 Å². The lowest BCUT2D eigenvalue weighted by atomic mass is 9.92. The second-order valence-electron chi connectivity index (χ2n) is 6.71. The van der Waals surface area contributed by atoms with E-state index < -0.39 is 28.0 Å². The van der Waals surface area contributed by atoms with Gasteiger partial charge in [-0.05, 0) is 29.8 Å². The maximum Gasteiger partial charge on any atom is 0.309 e. The Hall–Kier alpha value is -2.16. The fourth-order valence-corrected chi connectivity index (χ4v) is 5.12. The monoisotopic (exact) mass is 482 g/mol. The molecular weight excluding hydrogens is 459 g/mol. The smallest absolute Gasteiger partial charge is 0.309 e. The molecule has 0 amide bonds. The van der Waals surface area contributed by atoms with Crippen molar-refractivity contribution in [2.75, 3.05) is 19.6 Å². The lowest BCUT2D eigenvalue weighted by Crippen LogP contribution is -2.43. The molecule has 0 saturated heterocycles. The summed E-state index contributed by atoms with van der Waals surface area (Å²) in [5, 5.41) is 13.8. The van der Waals surface area contributed by atoms with Crippen LogP contribution < -0.4 is 5.32 Å². The molecular formula is C22H24Cl2N2O4S. The third-order valence-corrected chi connectivity index (χ3v) is 7.02. The van der Waals surface area contributed by atoms with E-state index >= 15 is 0 Å². The lowest BCUT2D eigenvalue weighted by Gasteiger charge is -2.30. The molecule has 31 heavy (non-hydrogen) atoms. The number of nitrogens with zero attached hydrogens (tertiary/aromatic N) is 1. The maximum atomic E-state index is 13.2. The minimum atomic E-state index is -3.95. The standard InChI is InChI=1S/C22H24Cl2N2O4S/c1-3-12-25-21(18-11-10-16(23)14-20(18)24)19(22(27)28)15-26(13-4-2)31(29,30)17-8-6-5-7-9-17/h3-11,14,19,21,25H,1-2,12-13,15H2,(H,27,28). The van der Waals surface area contributed by atoms with Gasteiger partial charge < -0.3 is 10.4 Å². The summed E-state index contributed by atoms with van der Waals surface area (Å²) in [6.45, 7) is 7.21. The van der Waals surface area contributed by atoms with Gasteiger partial charge in [0.25, 0.3) is 0 Å². The van der Waals surface area contributed by atoms with Crippen molar-refractivity contribution >= 4 is 39.2 Å².